The molecule has 0 saturated heterocycles. The van der Waals surface area contributed by atoms with E-state index in [-0.39, 0.29) is 0 Å². The van der Waals surface area contributed by atoms with E-state index in [1.165, 1.54) is 0 Å². The van der Waals surface area contributed by atoms with Gasteiger partial charge in [-0.15, -0.1) is 0 Å². The molecule has 0 rings (SSSR count). The Bertz CT molecular complexity index is 117. The van der Waals surface area contributed by atoms with Crippen molar-refractivity contribution in [2.75, 3.05) is 26.7 Å². The molecule has 3 nitrogen and oxygen atoms in total. The van der Waals surface area contributed by atoms with Crippen LogP contribution >= 0.6 is 15.9 Å². The zero-order valence-electron chi connectivity index (χ0n) is 6.96. The summed E-state index contributed by atoms with van der Waals surface area (Å²) in [5, 5.41) is 0.776. The Balaban J connectivity index is 4.16. The second-order valence-electron chi connectivity index (χ2n) is 1.77. The summed E-state index contributed by atoms with van der Waals surface area (Å²) in [5.74, 6) is 0. The molecule has 0 radical (unpaired) electrons. The van der Waals surface area contributed by atoms with Gasteiger partial charge in [-0.1, -0.05) is 22.0 Å². The summed E-state index contributed by atoms with van der Waals surface area (Å²) in [6.45, 7) is 0. The Morgan fingerprint density at radius 1 is 1.18 bits per heavy atom. The average Bonchev–Trinajstić information content (AvgIpc) is 2.08. The Labute approximate surface area is 76.8 Å². The molecular formula is C6H13BrO3Si. The zero-order valence-corrected chi connectivity index (χ0v) is 9.55. The van der Waals surface area contributed by atoms with Crippen LogP contribution in [0.25, 0.3) is 0 Å². The lowest BCUT2D eigenvalue weighted by Crippen LogP contribution is -2.40. The van der Waals surface area contributed by atoms with Crippen LogP contribution in [0.4, 0.5) is 0 Å². The van der Waals surface area contributed by atoms with Crippen molar-refractivity contribution in [3.05, 3.63) is 11.8 Å². The van der Waals surface area contributed by atoms with Gasteiger partial charge in [-0.2, -0.15) is 0 Å². The molecule has 0 amide bonds. The molecule has 0 aromatic carbocycles. The first-order valence-corrected chi connectivity index (χ1v) is 6.06. The fourth-order valence-electron chi connectivity index (χ4n) is 0.643. The van der Waals surface area contributed by atoms with Crippen LogP contribution in [0.15, 0.2) is 11.8 Å². The lowest BCUT2D eigenvalue weighted by atomic mass is 10.8. The van der Waals surface area contributed by atoms with Gasteiger partial charge in [0.25, 0.3) is 0 Å². The minimum absolute atomic E-state index is 0.776. The van der Waals surface area contributed by atoms with Crippen LogP contribution in [-0.2, 0) is 13.3 Å². The Morgan fingerprint density at radius 2 is 1.64 bits per heavy atom. The van der Waals surface area contributed by atoms with E-state index in [0.29, 0.717) is 0 Å². The molecule has 0 N–H and O–H groups in total. The summed E-state index contributed by atoms with van der Waals surface area (Å²) in [4.78, 5) is 0. The topological polar surface area (TPSA) is 27.7 Å². The highest BCUT2D eigenvalue weighted by Gasteiger charge is 2.33. The maximum Gasteiger partial charge on any atom is 0.528 e. The van der Waals surface area contributed by atoms with Crippen LogP contribution in [0.5, 0.6) is 0 Å². The standard InChI is InChI=1S/C6H13BrO3Si/c1-8-11(9-2,10-3)6-4-5-7/h4,6H,5H2,1-3H3. The molecule has 0 atom stereocenters. The molecule has 0 bridgehead atoms. The molecule has 5 heteroatoms. The highest BCUT2D eigenvalue weighted by molar-refractivity contribution is 9.09. The smallest absolute Gasteiger partial charge is 0.374 e. The third kappa shape index (κ3) is 3.48. The van der Waals surface area contributed by atoms with Gasteiger partial charge in [0.05, 0.1) is 0 Å². The van der Waals surface area contributed by atoms with Gasteiger partial charge in [-0.05, 0) is 5.70 Å². The largest absolute Gasteiger partial charge is 0.528 e. The first kappa shape index (κ1) is 11.3. The van der Waals surface area contributed by atoms with E-state index in [1.807, 2.05) is 11.8 Å². The van der Waals surface area contributed by atoms with Crippen molar-refractivity contribution in [2.45, 2.75) is 0 Å². The number of hydrogen-bond donors (Lipinski definition) is 0. The molecule has 0 aliphatic rings. The van der Waals surface area contributed by atoms with Gasteiger partial charge in [-0.25, -0.2) is 0 Å². The normalized spacial score (nSPS) is 12.7. The van der Waals surface area contributed by atoms with Crippen LogP contribution in [0, 0.1) is 0 Å². The summed E-state index contributed by atoms with van der Waals surface area (Å²) >= 11 is 3.26. The summed E-state index contributed by atoms with van der Waals surface area (Å²) in [5.41, 5.74) is 1.84. The minimum atomic E-state index is -2.45. The number of alkyl halides is 1. The van der Waals surface area contributed by atoms with Gasteiger partial charge >= 0.3 is 8.80 Å². The van der Waals surface area contributed by atoms with Gasteiger partial charge in [0.1, 0.15) is 0 Å². The van der Waals surface area contributed by atoms with E-state index >= 15 is 0 Å². The highest BCUT2D eigenvalue weighted by Crippen LogP contribution is 2.07. The third-order valence-electron chi connectivity index (χ3n) is 1.26. The Hall–Kier alpha value is 0.317. The fourth-order valence-corrected chi connectivity index (χ4v) is 2.49. The summed E-state index contributed by atoms with van der Waals surface area (Å²) in [6.07, 6.45) is 1.91. The van der Waals surface area contributed by atoms with Gasteiger partial charge in [-0.3, -0.25) is 0 Å². The molecule has 0 aromatic rings. The van der Waals surface area contributed by atoms with Gasteiger partial charge < -0.3 is 13.3 Å². The molecule has 66 valence electrons. The van der Waals surface area contributed by atoms with Crippen LogP contribution < -0.4 is 0 Å². The number of halogens is 1. The predicted octanol–water partition coefficient (Wildman–Crippen LogP) is 1.35. The maximum absolute atomic E-state index is 5.13. The van der Waals surface area contributed by atoms with E-state index < -0.39 is 8.80 Å². The fraction of sp³-hybridized carbons (Fsp3) is 0.667. The van der Waals surface area contributed by atoms with E-state index in [2.05, 4.69) is 15.9 Å². The van der Waals surface area contributed by atoms with E-state index in [0.717, 1.165) is 5.33 Å². The summed E-state index contributed by atoms with van der Waals surface area (Å²) in [6, 6.07) is 0. The SMILES string of the molecule is CO[Si](C=CCBr)(OC)OC. The van der Waals surface area contributed by atoms with Crippen molar-refractivity contribution in [1.29, 1.82) is 0 Å². The van der Waals surface area contributed by atoms with Crippen LogP contribution in [-0.4, -0.2) is 35.5 Å². The molecular weight excluding hydrogens is 228 g/mol. The molecule has 0 saturated carbocycles. The van der Waals surface area contributed by atoms with Crippen LogP contribution in [0.1, 0.15) is 0 Å². The maximum atomic E-state index is 5.13. The second-order valence-corrected chi connectivity index (χ2v) is 5.19. The van der Waals surface area contributed by atoms with Crippen LogP contribution in [0.2, 0.25) is 0 Å². The molecule has 0 aliphatic heterocycles. The van der Waals surface area contributed by atoms with E-state index in [4.69, 9.17) is 13.3 Å². The molecule has 0 spiro atoms. The number of hydrogen-bond acceptors (Lipinski definition) is 3. The Morgan fingerprint density at radius 3 is 1.91 bits per heavy atom. The molecule has 0 unspecified atom stereocenters. The molecule has 11 heavy (non-hydrogen) atoms. The van der Waals surface area contributed by atoms with Crippen LogP contribution in [0.3, 0.4) is 0 Å². The first-order valence-electron chi connectivity index (χ1n) is 3.13. The molecule has 0 aromatic heterocycles. The first-order chi connectivity index (χ1) is 5.24. The lowest BCUT2D eigenvalue weighted by Gasteiger charge is -2.19. The second kappa shape index (κ2) is 5.90. The van der Waals surface area contributed by atoms with Crippen molar-refractivity contribution in [1.82, 2.24) is 0 Å². The van der Waals surface area contributed by atoms with E-state index in [9.17, 15) is 0 Å². The number of rotatable bonds is 5. The van der Waals surface area contributed by atoms with Crippen molar-refractivity contribution in [3.63, 3.8) is 0 Å². The van der Waals surface area contributed by atoms with E-state index in [1.54, 1.807) is 21.3 Å². The lowest BCUT2D eigenvalue weighted by molar-refractivity contribution is 0.138. The summed E-state index contributed by atoms with van der Waals surface area (Å²) < 4.78 is 15.4. The quantitative estimate of drug-likeness (QED) is 0.537. The monoisotopic (exact) mass is 240 g/mol. The third-order valence-corrected chi connectivity index (χ3v) is 3.99. The highest BCUT2D eigenvalue weighted by atomic mass is 79.9. The number of allylic oxidation sites excluding steroid dienone is 1. The molecule has 0 fully saturated rings. The van der Waals surface area contributed by atoms with Gasteiger partial charge in [0, 0.05) is 26.7 Å². The average molecular weight is 241 g/mol. The van der Waals surface area contributed by atoms with Gasteiger partial charge in [0.15, 0.2) is 0 Å². The Kier molecular flexibility index (Phi) is 6.07. The van der Waals surface area contributed by atoms with Crippen molar-refractivity contribution < 1.29 is 13.3 Å². The molecule has 0 aliphatic carbocycles. The van der Waals surface area contributed by atoms with Crippen molar-refractivity contribution in [3.8, 4) is 0 Å². The van der Waals surface area contributed by atoms with Crippen molar-refractivity contribution in [2.24, 2.45) is 0 Å². The van der Waals surface area contributed by atoms with Gasteiger partial charge in [0.2, 0.25) is 0 Å². The predicted molar refractivity (Wildman–Crippen MR) is 49.7 cm³/mol. The summed E-state index contributed by atoms with van der Waals surface area (Å²) in [7, 11) is 2.29. The zero-order chi connectivity index (χ0) is 8.74. The molecule has 0 heterocycles. The minimum Gasteiger partial charge on any atom is -0.374 e. The van der Waals surface area contributed by atoms with Crippen molar-refractivity contribution >= 4 is 24.7 Å².